The number of hydrogen-bond acceptors (Lipinski definition) is 5. The summed E-state index contributed by atoms with van der Waals surface area (Å²) in [6, 6.07) is 16.9. The number of piperidine rings is 1. The fourth-order valence-electron chi connectivity index (χ4n) is 3.32. The molecule has 6 nitrogen and oxygen atoms in total. The molecular formula is C21H21ClN4O2. The first-order valence-electron chi connectivity index (χ1n) is 9.34. The first-order valence-corrected chi connectivity index (χ1v) is 9.72. The minimum atomic E-state index is -0.0106. The van der Waals surface area contributed by atoms with Gasteiger partial charge in [0.1, 0.15) is 0 Å². The van der Waals surface area contributed by atoms with E-state index >= 15 is 0 Å². The molecule has 1 N–H and O–H groups in total. The summed E-state index contributed by atoms with van der Waals surface area (Å²) < 4.78 is 5.40. The van der Waals surface area contributed by atoms with Crippen molar-refractivity contribution in [2.24, 2.45) is 0 Å². The van der Waals surface area contributed by atoms with Gasteiger partial charge in [0.2, 0.25) is 11.7 Å². The molecule has 1 aliphatic heterocycles. The molecular weight excluding hydrogens is 376 g/mol. The Balaban J connectivity index is 1.28. The second-order valence-electron chi connectivity index (χ2n) is 6.91. The van der Waals surface area contributed by atoms with Crippen LogP contribution in [0.2, 0.25) is 5.02 Å². The highest BCUT2D eigenvalue weighted by Gasteiger charge is 2.22. The van der Waals surface area contributed by atoms with Crippen LogP contribution in [0, 0.1) is 0 Å². The molecule has 1 fully saturated rings. The van der Waals surface area contributed by atoms with E-state index in [9.17, 15) is 4.79 Å². The van der Waals surface area contributed by atoms with E-state index in [2.05, 4.69) is 20.4 Å². The van der Waals surface area contributed by atoms with Crippen molar-refractivity contribution in [2.45, 2.75) is 25.4 Å². The maximum absolute atomic E-state index is 12.3. The van der Waals surface area contributed by atoms with E-state index in [4.69, 9.17) is 16.1 Å². The van der Waals surface area contributed by atoms with Crippen molar-refractivity contribution < 1.29 is 9.32 Å². The van der Waals surface area contributed by atoms with Crippen LogP contribution in [0.5, 0.6) is 0 Å². The van der Waals surface area contributed by atoms with E-state index in [0.717, 1.165) is 31.5 Å². The number of rotatable bonds is 5. The molecule has 2 heterocycles. The summed E-state index contributed by atoms with van der Waals surface area (Å²) in [6.45, 7) is 2.36. The fraction of sp³-hybridized carbons (Fsp3) is 0.286. The van der Waals surface area contributed by atoms with Crippen molar-refractivity contribution in [2.75, 3.05) is 13.1 Å². The molecule has 0 unspecified atom stereocenters. The number of carbonyl (C=O) groups is 1. The van der Waals surface area contributed by atoms with Gasteiger partial charge in [0.25, 0.3) is 5.91 Å². The zero-order valence-corrected chi connectivity index (χ0v) is 16.1. The summed E-state index contributed by atoms with van der Waals surface area (Å²) in [6.07, 6.45) is 1.80. The van der Waals surface area contributed by atoms with Crippen molar-refractivity contribution in [1.29, 1.82) is 0 Å². The molecule has 4 rings (SSSR count). The molecule has 1 aliphatic rings. The molecule has 1 aromatic heterocycles. The van der Waals surface area contributed by atoms with Crippen LogP contribution in [-0.2, 0) is 6.54 Å². The van der Waals surface area contributed by atoms with Gasteiger partial charge in [-0.2, -0.15) is 4.98 Å². The highest BCUT2D eigenvalue weighted by atomic mass is 35.5. The number of halogens is 1. The van der Waals surface area contributed by atoms with Gasteiger partial charge in [-0.1, -0.05) is 35.0 Å². The zero-order valence-electron chi connectivity index (χ0n) is 15.3. The summed E-state index contributed by atoms with van der Waals surface area (Å²) >= 11 is 5.91. The predicted octanol–water partition coefficient (Wildman–Crippen LogP) is 3.78. The normalized spacial score (nSPS) is 15.5. The van der Waals surface area contributed by atoms with Crippen LogP contribution in [0.25, 0.3) is 11.4 Å². The van der Waals surface area contributed by atoms with Crippen molar-refractivity contribution in [3.8, 4) is 11.4 Å². The van der Waals surface area contributed by atoms with E-state index in [0.29, 0.717) is 28.8 Å². The maximum Gasteiger partial charge on any atom is 0.251 e. The molecule has 3 aromatic rings. The van der Waals surface area contributed by atoms with Gasteiger partial charge in [-0.3, -0.25) is 9.69 Å². The Morgan fingerprint density at radius 2 is 1.82 bits per heavy atom. The molecule has 144 valence electrons. The lowest BCUT2D eigenvalue weighted by atomic mass is 10.0. The van der Waals surface area contributed by atoms with Crippen LogP contribution in [0.1, 0.15) is 29.1 Å². The molecule has 28 heavy (non-hydrogen) atoms. The van der Waals surface area contributed by atoms with Gasteiger partial charge in [-0.15, -0.1) is 0 Å². The third-order valence-electron chi connectivity index (χ3n) is 4.89. The molecule has 2 aromatic carbocycles. The minimum Gasteiger partial charge on any atom is -0.349 e. The van der Waals surface area contributed by atoms with E-state index < -0.39 is 0 Å². The summed E-state index contributed by atoms with van der Waals surface area (Å²) in [5.41, 5.74) is 1.58. The number of hydrogen-bond donors (Lipinski definition) is 1. The van der Waals surface area contributed by atoms with Crippen molar-refractivity contribution in [3.05, 3.63) is 71.1 Å². The number of aromatic nitrogens is 2. The van der Waals surface area contributed by atoms with Gasteiger partial charge in [-0.05, 0) is 49.2 Å². The number of nitrogens with zero attached hydrogens (tertiary/aromatic N) is 3. The Hall–Kier alpha value is -2.70. The van der Waals surface area contributed by atoms with Crippen LogP contribution in [0.15, 0.2) is 59.1 Å². The smallest absolute Gasteiger partial charge is 0.251 e. The molecule has 0 saturated carbocycles. The molecule has 1 amide bonds. The van der Waals surface area contributed by atoms with E-state index in [1.165, 1.54) is 0 Å². The first-order chi connectivity index (χ1) is 13.7. The van der Waals surface area contributed by atoms with Gasteiger partial charge < -0.3 is 9.84 Å². The van der Waals surface area contributed by atoms with Gasteiger partial charge in [0.15, 0.2) is 0 Å². The average Bonchev–Trinajstić information content (AvgIpc) is 3.19. The molecule has 0 aliphatic carbocycles. The second-order valence-corrected chi connectivity index (χ2v) is 7.34. The predicted molar refractivity (Wildman–Crippen MR) is 107 cm³/mol. The first kappa shape index (κ1) is 18.7. The summed E-state index contributed by atoms with van der Waals surface area (Å²) in [5.74, 6) is 1.15. The standard InChI is InChI=1S/C21H21ClN4O2/c22-17-8-6-15(7-9-17)20-24-19(28-25-20)14-26-12-10-18(11-13-26)23-21(27)16-4-2-1-3-5-16/h1-9,18H,10-14H2,(H,23,27). The largest absolute Gasteiger partial charge is 0.349 e. The Morgan fingerprint density at radius 1 is 1.11 bits per heavy atom. The SMILES string of the molecule is O=C(NC1CCN(Cc2nc(-c3ccc(Cl)cc3)no2)CC1)c1ccccc1. The second kappa shape index (κ2) is 8.54. The van der Waals surface area contributed by atoms with Crippen LogP contribution in [0.4, 0.5) is 0 Å². The third kappa shape index (κ3) is 4.58. The number of nitrogens with one attached hydrogen (secondary N) is 1. The Labute approximate surface area is 168 Å². The minimum absolute atomic E-state index is 0.0106. The van der Waals surface area contributed by atoms with Gasteiger partial charge in [0, 0.05) is 35.3 Å². The van der Waals surface area contributed by atoms with Crippen molar-refractivity contribution in [3.63, 3.8) is 0 Å². The summed E-state index contributed by atoms with van der Waals surface area (Å²) in [5, 5.41) is 7.85. The van der Waals surface area contributed by atoms with Crippen LogP contribution in [-0.4, -0.2) is 40.1 Å². The molecule has 1 saturated heterocycles. The Morgan fingerprint density at radius 3 is 2.54 bits per heavy atom. The van der Waals surface area contributed by atoms with Gasteiger partial charge in [0.05, 0.1) is 6.54 Å². The Bertz CT molecular complexity index is 919. The average molecular weight is 397 g/mol. The quantitative estimate of drug-likeness (QED) is 0.710. The molecule has 0 atom stereocenters. The number of likely N-dealkylation sites (tertiary alicyclic amines) is 1. The van der Waals surface area contributed by atoms with Crippen LogP contribution >= 0.6 is 11.6 Å². The lowest BCUT2D eigenvalue weighted by Gasteiger charge is -2.31. The van der Waals surface area contributed by atoms with Crippen molar-refractivity contribution in [1.82, 2.24) is 20.4 Å². The number of amides is 1. The highest BCUT2D eigenvalue weighted by molar-refractivity contribution is 6.30. The van der Waals surface area contributed by atoms with E-state index in [-0.39, 0.29) is 11.9 Å². The Kier molecular flexibility index (Phi) is 5.69. The van der Waals surface area contributed by atoms with Gasteiger partial charge >= 0.3 is 0 Å². The lowest BCUT2D eigenvalue weighted by molar-refractivity contribution is 0.0904. The summed E-state index contributed by atoms with van der Waals surface area (Å²) in [7, 11) is 0. The number of benzene rings is 2. The topological polar surface area (TPSA) is 71.3 Å². The number of carbonyl (C=O) groups excluding carboxylic acids is 1. The maximum atomic E-state index is 12.3. The lowest BCUT2D eigenvalue weighted by Crippen LogP contribution is -2.44. The van der Waals surface area contributed by atoms with E-state index in [1.54, 1.807) is 12.1 Å². The third-order valence-corrected chi connectivity index (χ3v) is 5.14. The molecule has 0 bridgehead atoms. The molecule has 0 spiro atoms. The van der Waals surface area contributed by atoms with Crippen LogP contribution < -0.4 is 5.32 Å². The highest BCUT2D eigenvalue weighted by Crippen LogP contribution is 2.20. The van der Waals surface area contributed by atoms with Crippen molar-refractivity contribution >= 4 is 17.5 Å². The molecule has 7 heteroatoms. The fourth-order valence-corrected chi connectivity index (χ4v) is 3.45. The summed E-state index contributed by atoms with van der Waals surface area (Å²) in [4.78, 5) is 19.0. The zero-order chi connectivity index (χ0) is 19.3. The monoisotopic (exact) mass is 396 g/mol. The van der Waals surface area contributed by atoms with Gasteiger partial charge in [-0.25, -0.2) is 0 Å². The van der Waals surface area contributed by atoms with E-state index in [1.807, 2.05) is 42.5 Å². The molecule has 0 radical (unpaired) electrons. The van der Waals surface area contributed by atoms with Crippen LogP contribution in [0.3, 0.4) is 0 Å².